The van der Waals surface area contributed by atoms with E-state index in [9.17, 15) is 4.79 Å². The first-order valence-electron chi connectivity index (χ1n) is 10.5. The number of nitrogens with zero attached hydrogens (tertiary/aromatic N) is 6. The summed E-state index contributed by atoms with van der Waals surface area (Å²) < 4.78 is 7.02. The Labute approximate surface area is 191 Å². The van der Waals surface area contributed by atoms with Crippen molar-refractivity contribution in [2.24, 2.45) is 11.0 Å². The molecule has 1 aliphatic rings. The SMILES string of the molecule is COc1ccc(C2CC(c3ccccc3)=NN2C(=O)CSc2nnnn2CC(C)C)cc1. The van der Waals surface area contributed by atoms with E-state index in [4.69, 9.17) is 9.84 Å². The number of amides is 1. The molecule has 3 aromatic rings. The Hall–Kier alpha value is -3.20. The largest absolute Gasteiger partial charge is 0.497 e. The fourth-order valence-corrected chi connectivity index (χ4v) is 4.32. The van der Waals surface area contributed by atoms with Crippen LogP contribution in [0.15, 0.2) is 64.9 Å². The maximum Gasteiger partial charge on any atom is 0.253 e. The van der Waals surface area contributed by atoms with Gasteiger partial charge in [0.1, 0.15) is 5.75 Å². The third-order valence-corrected chi connectivity index (χ3v) is 6.08. The normalized spacial score (nSPS) is 15.8. The van der Waals surface area contributed by atoms with Gasteiger partial charge in [0, 0.05) is 13.0 Å². The van der Waals surface area contributed by atoms with E-state index in [1.54, 1.807) is 16.8 Å². The summed E-state index contributed by atoms with van der Waals surface area (Å²) in [6.45, 7) is 4.91. The van der Waals surface area contributed by atoms with Gasteiger partial charge < -0.3 is 4.74 Å². The predicted molar refractivity (Wildman–Crippen MR) is 124 cm³/mol. The molecule has 0 bridgehead atoms. The van der Waals surface area contributed by atoms with E-state index in [1.807, 2.05) is 54.6 Å². The molecule has 0 aliphatic carbocycles. The number of hydrazone groups is 1. The highest BCUT2D eigenvalue weighted by molar-refractivity contribution is 7.99. The minimum Gasteiger partial charge on any atom is -0.497 e. The molecule has 8 nitrogen and oxygen atoms in total. The highest BCUT2D eigenvalue weighted by atomic mass is 32.2. The lowest BCUT2D eigenvalue weighted by Gasteiger charge is -2.22. The van der Waals surface area contributed by atoms with Gasteiger partial charge in [0.25, 0.3) is 5.91 Å². The molecule has 1 amide bonds. The van der Waals surface area contributed by atoms with Crippen LogP contribution in [0, 0.1) is 5.92 Å². The summed E-state index contributed by atoms with van der Waals surface area (Å²) in [5.41, 5.74) is 2.94. The average Bonchev–Trinajstić information content (AvgIpc) is 3.45. The lowest BCUT2D eigenvalue weighted by Crippen LogP contribution is -2.28. The Morgan fingerprint density at radius 3 is 2.59 bits per heavy atom. The first kappa shape index (κ1) is 22.0. The summed E-state index contributed by atoms with van der Waals surface area (Å²) in [6, 6.07) is 17.6. The Kier molecular flexibility index (Phi) is 6.84. The zero-order valence-electron chi connectivity index (χ0n) is 18.4. The molecule has 1 atom stereocenters. The Balaban J connectivity index is 1.54. The number of hydrogen-bond donors (Lipinski definition) is 0. The van der Waals surface area contributed by atoms with Gasteiger partial charge in [0.15, 0.2) is 0 Å². The van der Waals surface area contributed by atoms with Crippen molar-refractivity contribution in [2.75, 3.05) is 12.9 Å². The number of aromatic nitrogens is 4. The van der Waals surface area contributed by atoms with Crippen LogP contribution in [0.5, 0.6) is 5.75 Å². The van der Waals surface area contributed by atoms with Crippen molar-refractivity contribution >= 4 is 23.4 Å². The van der Waals surface area contributed by atoms with Crippen molar-refractivity contribution in [1.29, 1.82) is 0 Å². The van der Waals surface area contributed by atoms with Crippen LogP contribution in [0.2, 0.25) is 0 Å². The topological polar surface area (TPSA) is 85.5 Å². The second-order valence-electron chi connectivity index (χ2n) is 7.97. The molecule has 4 rings (SSSR count). The third kappa shape index (κ3) is 4.99. The molecule has 0 spiro atoms. The number of ether oxygens (including phenoxy) is 1. The Bertz CT molecular complexity index is 1080. The van der Waals surface area contributed by atoms with Crippen molar-refractivity contribution in [2.45, 2.75) is 38.0 Å². The third-order valence-electron chi connectivity index (χ3n) is 5.14. The summed E-state index contributed by atoms with van der Waals surface area (Å²) >= 11 is 1.34. The highest BCUT2D eigenvalue weighted by Gasteiger charge is 2.33. The predicted octanol–water partition coefficient (Wildman–Crippen LogP) is 3.81. The van der Waals surface area contributed by atoms with Gasteiger partial charge in [-0.25, -0.2) is 9.69 Å². The molecule has 0 radical (unpaired) electrons. The lowest BCUT2D eigenvalue weighted by atomic mass is 9.98. The van der Waals surface area contributed by atoms with Crippen LogP contribution in [-0.2, 0) is 11.3 Å². The quantitative estimate of drug-likeness (QED) is 0.485. The van der Waals surface area contributed by atoms with Gasteiger partial charge in [-0.05, 0) is 39.6 Å². The number of methoxy groups -OCH3 is 1. The number of tetrazole rings is 1. The number of rotatable bonds is 8. The van der Waals surface area contributed by atoms with E-state index in [0.717, 1.165) is 22.6 Å². The van der Waals surface area contributed by atoms with Crippen LogP contribution in [0.3, 0.4) is 0 Å². The fraction of sp³-hybridized carbons (Fsp3) is 0.348. The Morgan fingerprint density at radius 2 is 1.91 bits per heavy atom. The summed E-state index contributed by atoms with van der Waals surface area (Å²) in [6.07, 6.45) is 0.651. The molecule has 0 fully saturated rings. The number of thioether (sulfide) groups is 1. The molecule has 0 saturated carbocycles. The van der Waals surface area contributed by atoms with Gasteiger partial charge in [0.05, 0.1) is 24.6 Å². The van der Waals surface area contributed by atoms with Crippen molar-refractivity contribution in [1.82, 2.24) is 25.2 Å². The minimum atomic E-state index is -0.170. The van der Waals surface area contributed by atoms with E-state index in [1.165, 1.54) is 11.8 Å². The molecule has 1 unspecified atom stereocenters. The van der Waals surface area contributed by atoms with Crippen LogP contribution in [-0.4, -0.2) is 49.7 Å². The molecule has 32 heavy (non-hydrogen) atoms. The standard InChI is InChI=1S/C23H26N6O2S/c1-16(2)14-28-23(24-26-27-28)32-15-22(30)29-21(18-9-11-19(31-3)12-10-18)13-20(25-29)17-7-5-4-6-8-17/h4-12,16,21H,13-15H2,1-3H3. The van der Waals surface area contributed by atoms with Gasteiger partial charge >= 0.3 is 0 Å². The van der Waals surface area contributed by atoms with Gasteiger partial charge in [-0.3, -0.25) is 4.79 Å². The zero-order chi connectivity index (χ0) is 22.5. The van der Waals surface area contributed by atoms with Crippen LogP contribution in [0.1, 0.15) is 37.4 Å². The summed E-state index contributed by atoms with van der Waals surface area (Å²) in [5, 5.41) is 18.8. The number of carbonyl (C=O) groups is 1. The van der Waals surface area contributed by atoms with E-state index in [0.29, 0.717) is 24.0 Å². The van der Waals surface area contributed by atoms with Crippen molar-refractivity contribution in [3.63, 3.8) is 0 Å². The van der Waals surface area contributed by atoms with E-state index >= 15 is 0 Å². The zero-order valence-corrected chi connectivity index (χ0v) is 19.2. The number of hydrogen-bond acceptors (Lipinski definition) is 7. The molecular weight excluding hydrogens is 424 g/mol. The minimum absolute atomic E-state index is 0.0825. The highest BCUT2D eigenvalue weighted by Crippen LogP contribution is 2.34. The van der Waals surface area contributed by atoms with Crippen LogP contribution in [0.4, 0.5) is 0 Å². The van der Waals surface area contributed by atoms with Crippen molar-refractivity contribution in [3.05, 3.63) is 65.7 Å². The second kappa shape index (κ2) is 9.95. The molecule has 1 aromatic heterocycles. The van der Waals surface area contributed by atoms with Crippen LogP contribution < -0.4 is 4.74 Å². The van der Waals surface area contributed by atoms with E-state index < -0.39 is 0 Å². The fourth-order valence-electron chi connectivity index (χ4n) is 3.58. The molecular formula is C23H26N6O2S. The molecule has 2 aromatic carbocycles. The van der Waals surface area contributed by atoms with Gasteiger partial charge in [0.2, 0.25) is 5.16 Å². The summed E-state index contributed by atoms with van der Waals surface area (Å²) in [5.74, 6) is 1.31. The molecule has 0 saturated heterocycles. The van der Waals surface area contributed by atoms with E-state index in [-0.39, 0.29) is 17.7 Å². The van der Waals surface area contributed by atoms with Crippen LogP contribution >= 0.6 is 11.8 Å². The molecule has 166 valence electrons. The van der Waals surface area contributed by atoms with Gasteiger partial charge in [-0.1, -0.05) is 68.1 Å². The van der Waals surface area contributed by atoms with E-state index in [2.05, 4.69) is 29.4 Å². The molecule has 9 heteroatoms. The molecule has 1 aliphatic heterocycles. The monoisotopic (exact) mass is 450 g/mol. The molecule has 2 heterocycles. The first-order valence-corrected chi connectivity index (χ1v) is 11.5. The smallest absolute Gasteiger partial charge is 0.253 e. The van der Waals surface area contributed by atoms with Gasteiger partial charge in [-0.15, -0.1) is 5.10 Å². The Morgan fingerprint density at radius 1 is 1.16 bits per heavy atom. The maximum absolute atomic E-state index is 13.3. The summed E-state index contributed by atoms with van der Waals surface area (Å²) in [7, 11) is 1.64. The average molecular weight is 451 g/mol. The van der Waals surface area contributed by atoms with Crippen molar-refractivity contribution < 1.29 is 9.53 Å². The van der Waals surface area contributed by atoms with Crippen molar-refractivity contribution in [3.8, 4) is 5.75 Å². The number of carbonyl (C=O) groups excluding carboxylic acids is 1. The number of benzene rings is 2. The summed E-state index contributed by atoms with van der Waals surface area (Å²) in [4.78, 5) is 13.3. The van der Waals surface area contributed by atoms with Crippen LogP contribution in [0.25, 0.3) is 0 Å². The molecule has 0 N–H and O–H groups in total. The lowest BCUT2D eigenvalue weighted by molar-refractivity contribution is -0.130. The maximum atomic E-state index is 13.3. The first-order chi connectivity index (χ1) is 15.5. The second-order valence-corrected chi connectivity index (χ2v) is 8.91. The van der Waals surface area contributed by atoms with Gasteiger partial charge in [-0.2, -0.15) is 5.10 Å².